The Bertz CT molecular complexity index is 540. The second-order valence-corrected chi connectivity index (χ2v) is 7.55. The molecule has 0 radical (unpaired) electrons. The zero-order valence-electron chi connectivity index (χ0n) is 9.41. The van der Waals surface area contributed by atoms with Crippen molar-refractivity contribution in [2.45, 2.75) is 6.55 Å². The molecule has 1 aliphatic heterocycles. The average molecular weight is 213 g/mol. The molecule has 3 rings (SSSR count). The third-order valence-electron chi connectivity index (χ3n) is 3.71. The van der Waals surface area contributed by atoms with Gasteiger partial charge in [-0.1, -0.05) is 30.3 Å². The Hall–Kier alpha value is -1.12. The van der Waals surface area contributed by atoms with E-state index in [1.165, 1.54) is 16.5 Å². The molecular formula is C13H15NSi. The van der Waals surface area contributed by atoms with Crippen LogP contribution in [0, 0.1) is 0 Å². The summed E-state index contributed by atoms with van der Waals surface area (Å²) in [4.78, 5) is 0. The van der Waals surface area contributed by atoms with Gasteiger partial charge in [0.25, 0.3) is 0 Å². The van der Waals surface area contributed by atoms with Crippen LogP contribution in [0.25, 0.3) is 10.8 Å². The third kappa shape index (κ3) is 1.01. The summed E-state index contributed by atoms with van der Waals surface area (Å²) in [6.45, 7) is 2.42. The zero-order valence-corrected chi connectivity index (χ0v) is 10.4. The molecule has 0 saturated carbocycles. The first-order chi connectivity index (χ1) is 7.12. The molecule has 2 heteroatoms. The molecule has 15 heavy (non-hydrogen) atoms. The lowest BCUT2D eigenvalue weighted by atomic mass is 10.1. The first kappa shape index (κ1) is 9.13. The Labute approximate surface area is 92.2 Å². The molecule has 0 N–H and O–H groups in total. The van der Waals surface area contributed by atoms with Gasteiger partial charge in [-0.2, -0.15) is 0 Å². The van der Waals surface area contributed by atoms with E-state index in [0.717, 1.165) is 4.15 Å². The molecule has 0 unspecified atom stereocenters. The molecule has 0 fully saturated rings. The van der Waals surface area contributed by atoms with Crippen molar-refractivity contribution in [3.8, 4) is 0 Å². The molecule has 1 aliphatic rings. The van der Waals surface area contributed by atoms with Gasteiger partial charge in [-0.05, 0) is 20.4 Å². The lowest BCUT2D eigenvalue weighted by Gasteiger charge is -2.42. The Morgan fingerprint density at radius 3 is 2.40 bits per heavy atom. The fourth-order valence-electron chi connectivity index (χ4n) is 2.57. The maximum atomic E-state index is 2.42. The van der Waals surface area contributed by atoms with Gasteiger partial charge in [0.05, 0.1) is 5.69 Å². The van der Waals surface area contributed by atoms with E-state index in [9.17, 15) is 0 Å². The normalized spacial score (nSPS) is 17.4. The predicted molar refractivity (Wildman–Crippen MR) is 68.8 cm³/mol. The van der Waals surface area contributed by atoms with Crippen LogP contribution in [0.1, 0.15) is 0 Å². The number of hydrogen-bond acceptors (Lipinski definition) is 0. The molecule has 76 valence electrons. The maximum absolute atomic E-state index is 2.42. The van der Waals surface area contributed by atoms with Crippen LogP contribution in [0.4, 0.5) is 5.69 Å². The van der Waals surface area contributed by atoms with Crippen molar-refractivity contribution < 1.29 is 0 Å². The monoisotopic (exact) mass is 213 g/mol. The van der Waals surface area contributed by atoms with Crippen LogP contribution in [0.3, 0.4) is 0 Å². The minimum absolute atomic E-state index is 0.503. The number of rotatable bonds is 0. The SMILES string of the molecule is C[Si-]1c2cccc3cccc(c23)[N+]1(C)C. The molecule has 2 aromatic carbocycles. The van der Waals surface area contributed by atoms with E-state index in [1.54, 1.807) is 5.19 Å². The van der Waals surface area contributed by atoms with E-state index in [1.807, 2.05) is 0 Å². The Morgan fingerprint density at radius 2 is 1.67 bits per heavy atom. The number of hydrogen-bond donors (Lipinski definition) is 0. The number of quaternary nitrogens is 1. The van der Waals surface area contributed by atoms with Crippen LogP contribution in [-0.4, -0.2) is 23.1 Å². The van der Waals surface area contributed by atoms with Crippen molar-refractivity contribution in [2.75, 3.05) is 14.1 Å². The van der Waals surface area contributed by atoms with Gasteiger partial charge in [0.1, 0.15) is 0 Å². The smallest absolute Gasteiger partial charge is 0.0984 e. The fourth-order valence-corrected chi connectivity index (χ4v) is 4.69. The Balaban J connectivity index is 2.51. The topological polar surface area (TPSA) is 0 Å². The van der Waals surface area contributed by atoms with Crippen LogP contribution >= 0.6 is 0 Å². The second kappa shape index (κ2) is 2.71. The molecular weight excluding hydrogens is 198 g/mol. The highest BCUT2D eigenvalue weighted by Gasteiger charge is 2.28. The number of benzene rings is 2. The first-order valence-corrected chi connectivity index (χ1v) is 7.28. The summed E-state index contributed by atoms with van der Waals surface area (Å²) >= 11 is 0. The van der Waals surface area contributed by atoms with E-state index < -0.39 is 8.96 Å². The third-order valence-corrected chi connectivity index (χ3v) is 6.83. The molecule has 0 aliphatic carbocycles. The van der Waals surface area contributed by atoms with Gasteiger partial charge in [-0.15, -0.1) is 11.7 Å². The highest BCUT2D eigenvalue weighted by Crippen LogP contribution is 2.34. The molecule has 0 saturated heterocycles. The molecule has 0 spiro atoms. The van der Waals surface area contributed by atoms with Gasteiger partial charge in [0.2, 0.25) is 0 Å². The standard InChI is InChI=1S/C13H15NSi/c1-14(2)11-8-4-6-10-7-5-9-12(13(10)11)15(14)3/h4-9H,1-3H3. The summed E-state index contributed by atoms with van der Waals surface area (Å²) in [6.07, 6.45) is 0. The van der Waals surface area contributed by atoms with Gasteiger partial charge < -0.3 is 4.15 Å². The van der Waals surface area contributed by atoms with Crippen LogP contribution in [0.2, 0.25) is 6.55 Å². The molecule has 0 bridgehead atoms. The largest absolute Gasteiger partial charge is 0.462 e. The van der Waals surface area contributed by atoms with Crippen molar-refractivity contribution in [1.82, 2.24) is 4.15 Å². The van der Waals surface area contributed by atoms with Gasteiger partial charge in [-0.3, -0.25) is 0 Å². The lowest BCUT2D eigenvalue weighted by molar-refractivity contribution is 0.632. The summed E-state index contributed by atoms with van der Waals surface area (Å²) in [5, 5.41) is 4.51. The molecule has 1 nitrogen and oxygen atoms in total. The van der Waals surface area contributed by atoms with Crippen molar-refractivity contribution in [2.24, 2.45) is 0 Å². The second-order valence-electron chi connectivity index (χ2n) is 4.72. The van der Waals surface area contributed by atoms with Crippen molar-refractivity contribution >= 4 is 30.6 Å². The fraction of sp³-hybridized carbons (Fsp3) is 0.231. The molecule has 2 aromatic rings. The van der Waals surface area contributed by atoms with Crippen molar-refractivity contribution in [3.05, 3.63) is 36.4 Å². The van der Waals surface area contributed by atoms with E-state index in [2.05, 4.69) is 57.0 Å². The van der Waals surface area contributed by atoms with Crippen molar-refractivity contribution in [1.29, 1.82) is 0 Å². The minimum atomic E-state index is -0.503. The molecule has 0 amide bonds. The highest BCUT2D eigenvalue weighted by molar-refractivity contribution is 6.78. The molecule has 0 atom stereocenters. The zero-order chi connectivity index (χ0) is 10.6. The maximum Gasteiger partial charge on any atom is 0.0984 e. The first-order valence-electron chi connectivity index (χ1n) is 5.33. The molecule has 1 heterocycles. The van der Waals surface area contributed by atoms with Crippen LogP contribution < -0.4 is 9.34 Å². The highest BCUT2D eigenvalue weighted by atomic mass is 28.3. The van der Waals surface area contributed by atoms with Crippen LogP contribution in [0.5, 0.6) is 0 Å². The number of nitrogens with zero attached hydrogens (tertiary/aromatic N) is 1. The summed E-state index contributed by atoms with van der Waals surface area (Å²) in [5.41, 5.74) is 1.50. The predicted octanol–water partition coefficient (Wildman–Crippen LogP) is 2.25. The van der Waals surface area contributed by atoms with Gasteiger partial charge in [-0.25, -0.2) is 0 Å². The van der Waals surface area contributed by atoms with Crippen LogP contribution in [0.15, 0.2) is 36.4 Å². The van der Waals surface area contributed by atoms with Gasteiger partial charge >= 0.3 is 0 Å². The molecule has 0 aromatic heterocycles. The van der Waals surface area contributed by atoms with E-state index in [-0.39, 0.29) is 0 Å². The summed E-state index contributed by atoms with van der Waals surface area (Å²) in [6, 6.07) is 13.4. The average Bonchev–Trinajstić information content (AvgIpc) is 2.43. The van der Waals surface area contributed by atoms with E-state index in [0.29, 0.717) is 0 Å². The lowest BCUT2D eigenvalue weighted by Crippen LogP contribution is -2.54. The van der Waals surface area contributed by atoms with Gasteiger partial charge in [0, 0.05) is 19.5 Å². The summed E-state index contributed by atoms with van der Waals surface area (Å²) in [5.74, 6) is 0. The van der Waals surface area contributed by atoms with Crippen molar-refractivity contribution in [3.63, 3.8) is 0 Å². The van der Waals surface area contributed by atoms with E-state index in [4.69, 9.17) is 0 Å². The summed E-state index contributed by atoms with van der Waals surface area (Å²) in [7, 11) is 4.17. The minimum Gasteiger partial charge on any atom is -0.462 e. The Morgan fingerprint density at radius 1 is 1.00 bits per heavy atom. The quantitative estimate of drug-likeness (QED) is 0.589. The summed E-state index contributed by atoms with van der Waals surface area (Å²) < 4.78 is 1.07. The van der Waals surface area contributed by atoms with Crippen LogP contribution in [-0.2, 0) is 0 Å². The Kier molecular flexibility index (Phi) is 1.65. The van der Waals surface area contributed by atoms with E-state index >= 15 is 0 Å². The van der Waals surface area contributed by atoms with Gasteiger partial charge in [0.15, 0.2) is 0 Å².